The number of carbonyl (C=O) groups is 1. The molecular weight excluding hydrogens is 392 g/mol. The average Bonchev–Trinajstić information content (AvgIpc) is 2.53. The summed E-state index contributed by atoms with van der Waals surface area (Å²) < 4.78 is 81.5. The topological polar surface area (TPSA) is 80.7 Å². The number of carboxylic acid groups (broad SMARTS) is 1. The van der Waals surface area contributed by atoms with Crippen LogP contribution in [0.3, 0.4) is 0 Å². The highest BCUT2D eigenvalue weighted by molar-refractivity contribution is 7.90. The SMILES string of the molecule is CC(Oc1ccc(S(C)(=O)=O)cc1C(F)(F)F)(C(=O)O)c1ccc(F)cc1. The Kier molecular flexibility index (Phi) is 5.24. The van der Waals surface area contributed by atoms with Crippen molar-refractivity contribution in [2.75, 3.05) is 6.26 Å². The van der Waals surface area contributed by atoms with Gasteiger partial charge in [-0.3, -0.25) is 0 Å². The van der Waals surface area contributed by atoms with Crippen molar-refractivity contribution < 1.29 is 40.6 Å². The van der Waals surface area contributed by atoms with E-state index in [1.165, 1.54) is 0 Å². The molecule has 1 atom stereocenters. The monoisotopic (exact) mass is 406 g/mol. The van der Waals surface area contributed by atoms with Crippen molar-refractivity contribution in [3.8, 4) is 5.75 Å². The Bertz CT molecular complexity index is 968. The average molecular weight is 406 g/mol. The van der Waals surface area contributed by atoms with Crippen molar-refractivity contribution >= 4 is 15.8 Å². The van der Waals surface area contributed by atoms with Crippen LogP contribution in [0.2, 0.25) is 0 Å². The van der Waals surface area contributed by atoms with Crippen LogP contribution in [0.15, 0.2) is 47.4 Å². The molecule has 1 N–H and O–H groups in total. The Balaban J connectivity index is 2.62. The van der Waals surface area contributed by atoms with E-state index >= 15 is 0 Å². The van der Waals surface area contributed by atoms with Crippen molar-refractivity contribution in [1.29, 1.82) is 0 Å². The summed E-state index contributed by atoms with van der Waals surface area (Å²) in [5, 5.41) is 9.50. The van der Waals surface area contributed by atoms with Gasteiger partial charge < -0.3 is 9.84 Å². The predicted molar refractivity (Wildman–Crippen MR) is 86.6 cm³/mol. The Morgan fingerprint density at radius 3 is 2.07 bits per heavy atom. The lowest BCUT2D eigenvalue weighted by Crippen LogP contribution is -2.39. The number of ether oxygens (including phenoxy) is 1. The maximum atomic E-state index is 13.4. The Labute approximate surface area is 152 Å². The first-order chi connectivity index (χ1) is 12.2. The van der Waals surface area contributed by atoms with Gasteiger partial charge in [0.2, 0.25) is 5.60 Å². The lowest BCUT2D eigenvalue weighted by Gasteiger charge is -2.28. The van der Waals surface area contributed by atoms with E-state index in [1.54, 1.807) is 0 Å². The molecule has 0 spiro atoms. The van der Waals surface area contributed by atoms with Crippen LogP contribution in [0, 0.1) is 5.82 Å². The minimum absolute atomic E-state index is 0.100. The molecule has 2 aromatic rings. The van der Waals surface area contributed by atoms with Gasteiger partial charge in [0.05, 0.1) is 10.5 Å². The van der Waals surface area contributed by atoms with Gasteiger partial charge in [0, 0.05) is 11.8 Å². The molecule has 0 bridgehead atoms. The third-order valence-electron chi connectivity index (χ3n) is 3.80. The van der Waals surface area contributed by atoms with E-state index in [-0.39, 0.29) is 5.56 Å². The predicted octanol–water partition coefficient (Wildman–Crippen LogP) is 3.63. The number of hydrogen-bond acceptors (Lipinski definition) is 4. The molecule has 1 unspecified atom stereocenters. The zero-order valence-electron chi connectivity index (χ0n) is 14.0. The number of rotatable bonds is 5. The van der Waals surface area contributed by atoms with Crippen LogP contribution in [0.25, 0.3) is 0 Å². The molecule has 146 valence electrons. The zero-order chi connectivity index (χ0) is 20.6. The van der Waals surface area contributed by atoms with Crippen LogP contribution >= 0.6 is 0 Å². The fourth-order valence-corrected chi connectivity index (χ4v) is 2.91. The van der Waals surface area contributed by atoms with E-state index < -0.39 is 49.6 Å². The van der Waals surface area contributed by atoms with Gasteiger partial charge in [-0.25, -0.2) is 17.6 Å². The highest BCUT2D eigenvalue weighted by Crippen LogP contribution is 2.40. The van der Waals surface area contributed by atoms with E-state index in [9.17, 15) is 35.9 Å². The molecule has 0 amide bonds. The first-order valence-electron chi connectivity index (χ1n) is 7.35. The molecule has 0 heterocycles. The fraction of sp³-hybridized carbons (Fsp3) is 0.235. The molecule has 27 heavy (non-hydrogen) atoms. The van der Waals surface area contributed by atoms with Gasteiger partial charge >= 0.3 is 12.1 Å². The number of benzene rings is 2. The van der Waals surface area contributed by atoms with E-state index in [0.29, 0.717) is 6.07 Å². The highest BCUT2D eigenvalue weighted by Gasteiger charge is 2.42. The van der Waals surface area contributed by atoms with Crippen LogP contribution in [0.5, 0.6) is 5.75 Å². The number of sulfone groups is 1. The second kappa shape index (κ2) is 6.84. The van der Waals surface area contributed by atoms with Crippen LogP contribution in [-0.2, 0) is 26.4 Å². The summed E-state index contributed by atoms with van der Waals surface area (Å²) in [6.07, 6.45) is -4.26. The van der Waals surface area contributed by atoms with Crippen molar-refractivity contribution in [2.24, 2.45) is 0 Å². The largest absolute Gasteiger partial charge is 0.478 e. The summed E-state index contributed by atoms with van der Waals surface area (Å²) in [5.41, 5.74) is -3.82. The quantitative estimate of drug-likeness (QED) is 0.767. The first kappa shape index (κ1) is 20.7. The van der Waals surface area contributed by atoms with Crippen molar-refractivity contribution in [3.05, 3.63) is 59.4 Å². The Morgan fingerprint density at radius 1 is 1.07 bits per heavy atom. The van der Waals surface area contributed by atoms with Gasteiger partial charge in [-0.15, -0.1) is 0 Å². The smallest absolute Gasteiger partial charge is 0.420 e. The molecule has 0 aliphatic heterocycles. The van der Waals surface area contributed by atoms with Crippen molar-refractivity contribution in [1.82, 2.24) is 0 Å². The second-order valence-electron chi connectivity index (χ2n) is 5.88. The van der Waals surface area contributed by atoms with Gasteiger partial charge in [-0.05, 0) is 37.3 Å². The number of halogens is 4. The van der Waals surface area contributed by atoms with Gasteiger partial charge in [-0.1, -0.05) is 12.1 Å². The molecule has 0 aromatic heterocycles. The van der Waals surface area contributed by atoms with Gasteiger partial charge in [0.25, 0.3) is 0 Å². The number of carboxylic acids is 1. The van der Waals surface area contributed by atoms with Gasteiger partial charge in [0.15, 0.2) is 9.84 Å². The second-order valence-corrected chi connectivity index (χ2v) is 7.89. The summed E-state index contributed by atoms with van der Waals surface area (Å²) in [7, 11) is -3.93. The number of hydrogen-bond donors (Lipinski definition) is 1. The molecule has 10 heteroatoms. The molecule has 0 saturated heterocycles. The third kappa shape index (κ3) is 4.38. The number of aliphatic carboxylic acids is 1. The van der Waals surface area contributed by atoms with E-state index in [2.05, 4.69) is 0 Å². The van der Waals surface area contributed by atoms with E-state index in [1.807, 2.05) is 0 Å². The molecule has 5 nitrogen and oxygen atoms in total. The molecule has 0 fully saturated rings. The molecule has 0 aliphatic carbocycles. The third-order valence-corrected chi connectivity index (χ3v) is 4.91. The maximum absolute atomic E-state index is 13.4. The van der Waals surface area contributed by atoms with Crippen LogP contribution in [0.4, 0.5) is 17.6 Å². The molecule has 2 aromatic carbocycles. The standard InChI is InChI=1S/C17H14F4O5S/c1-16(15(22)23,10-3-5-11(18)6-4-10)26-14-8-7-12(27(2,24)25)9-13(14)17(19,20)21/h3-9H,1-2H3,(H,22,23). The highest BCUT2D eigenvalue weighted by atomic mass is 32.2. The first-order valence-corrected chi connectivity index (χ1v) is 9.24. The molecule has 0 saturated carbocycles. The van der Waals surface area contributed by atoms with Crippen molar-refractivity contribution in [3.63, 3.8) is 0 Å². The van der Waals surface area contributed by atoms with Crippen molar-refractivity contribution in [2.45, 2.75) is 23.6 Å². The van der Waals surface area contributed by atoms with Gasteiger partial charge in [-0.2, -0.15) is 13.2 Å². The lowest BCUT2D eigenvalue weighted by atomic mass is 9.95. The molecular formula is C17H14F4O5S. The summed E-state index contributed by atoms with van der Waals surface area (Å²) in [6, 6.07) is 6.02. The minimum Gasteiger partial charge on any atom is -0.478 e. The Hall–Kier alpha value is -2.62. The summed E-state index contributed by atoms with van der Waals surface area (Å²) >= 11 is 0. The fourth-order valence-electron chi connectivity index (χ4n) is 2.26. The Morgan fingerprint density at radius 2 is 1.63 bits per heavy atom. The van der Waals surface area contributed by atoms with Crippen LogP contribution < -0.4 is 4.74 Å². The molecule has 0 radical (unpaired) electrons. The summed E-state index contributed by atoms with van der Waals surface area (Å²) in [5.74, 6) is -3.15. The van der Waals surface area contributed by atoms with Crippen LogP contribution in [-0.4, -0.2) is 25.7 Å². The van der Waals surface area contributed by atoms with Crippen LogP contribution in [0.1, 0.15) is 18.1 Å². The molecule has 0 aliphatic rings. The van der Waals surface area contributed by atoms with E-state index in [4.69, 9.17) is 4.74 Å². The molecule has 2 rings (SSSR count). The number of alkyl halides is 3. The maximum Gasteiger partial charge on any atom is 0.420 e. The summed E-state index contributed by atoms with van der Waals surface area (Å²) in [4.78, 5) is 11.1. The summed E-state index contributed by atoms with van der Waals surface area (Å²) in [6.45, 7) is 1.01. The zero-order valence-corrected chi connectivity index (χ0v) is 14.9. The lowest BCUT2D eigenvalue weighted by molar-refractivity contribution is -0.157. The normalized spacial score (nSPS) is 14.4. The van der Waals surface area contributed by atoms with Gasteiger partial charge in [0.1, 0.15) is 11.6 Å². The minimum atomic E-state index is -5.00. The van der Waals surface area contributed by atoms with E-state index in [0.717, 1.165) is 49.6 Å².